The van der Waals surface area contributed by atoms with Gasteiger partial charge in [0.15, 0.2) is 0 Å². The third-order valence-electron chi connectivity index (χ3n) is 6.01. The van der Waals surface area contributed by atoms with E-state index in [4.69, 9.17) is 4.52 Å². The smallest absolute Gasteiger partial charge is 0.292 e. The van der Waals surface area contributed by atoms with E-state index >= 15 is 0 Å². The van der Waals surface area contributed by atoms with E-state index in [0.29, 0.717) is 18.8 Å². The normalized spacial score (nSPS) is 17.3. The van der Waals surface area contributed by atoms with Crippen LogP contribution in [0.4, 0.5) is 5.69 Å². The second-order valence-corrected chi connectivity index (χ2v) is 8.05. The van der Waals surface area contributed by atoms with Crippen molar-refractivity contribution in [2.24, 2.45) is 0 Å². The van der Waals surface area contributed by atoms with Crippen molar-refractivity contribution in [1.82, 2.24) is 14.6 Å². The average molecular weight is 376 g/mol. The van der Waals surface area contributed by atoms with Crippen LogP contribution in [0.5, 0.6) is 0 Å². The maximum absolute atomic E-state index is 12.9. The van der Waals surface area contributed by atoms with Crippen LogP contribution in [-0.4, -0.2) is 33.6 Å². The molecule has 0 unspecified atom stereocenters. The molecule has 0 radical (unpaired) electrons. The molecule has 0 saturated carbocycles. The predicted octanol–water partition coefficient (Wildman–Crippen LogP) is 4.15. The van der Waals surface area contributed by atoms with E-state index in [1.54, 1.807) is 6.07 Å². The van der Waals surface area contributed by atoms with Gasteiger partial charge < -0.3 is 19.3 Å². The molecule has 2 aliphatic rings. The zero-order valence-electron chi connectivity index (χ0n) is 16.2. The zero-order chi connectivity index (χ0) is 19.3. The van der Waals surface area contributed by atoms with E-state index in [0.717, 1.165) is 24.2 Å². The number of benzene rings is 1. The van der Waals surface area contributed by atoms with Crippen LogP contribution in [0.15, 0.2) is 53.2 Å². The molecule has 6 nitrogen and oxygen atoms in total. The molecule has 1 N–H and O–H groups in total. The van der Waals surface area contributed by atoms with Crippen LogP contribution in [0.25, 0.3) is 5.69 Å². The molecule has 28 heavy (non-hydrogen) atoms. The Kier molecular flexibility index (Phi) is 3.82. The van der Waals surface area contributed by atoms with Crippen molar-refractivity contribution in [3.63, 3.8) is 0 Å². The Morgan fingerprint density at radius 3 is 2.71 bits per heavy atom. The van der Waals surface area contributed by atoms with Gasteiger partial charge in [0.25, 0.3) is 5.91 Å². The van der Waals surface area contributed by atoms with E-state index in [2.05, 4.69) is 57.6 Å². The summed E-state index contributed by atoms with van der Waals surface area (Å²) in [6.45, 7) is 5.44. The summed E-state index contributed by atoms with van der Waals surface area (Å²) in [6.07, 6.45) is 3.82. The van der Waals surface area contributed by atoms with Gasteiger partial charge in [0, 0.05) is 31.0 Å². The minimum absolute atomic E-state index is 0.0687. The van der Waals surface area contributed by atoms with Gasteiger partial charge in [-0.2, -0.15) is 0 Å². The zero-order valence-corrected chi connectivity index (χ0v) is 16.2. The van der Waals surface area contributed by atoms with Crippen molar-refractivity contribution in [2.75, 3.05) is 18.4 Å². The lowest BCUT2D eigenvalue weighted by atomic mass is 9.82. The molecule has 0 aliphatic carbocycles. The Morgan fingerprint density at radius 2 is 1.96 bits per heavy atom. The predicted molar refractivity (Wildman–Crippen MR) is 107 cm³/mol. The third-order valence-corrected chi connectivity index (χ3v) is 6.01. The van der Waals surface area contributed by atoms with Crippen LogP contribution >= 0.6 is 0 Å². The molecule has 5 rings (SSSR count). The van der Waals surface area contributed by atoms with Crippen molar-refractivity contribution in [2.45, 2.75) is 38.1 Å². The fourth-order valence-electron chi connectivity index (χ4n) is 4.38. The highest BCUT2D eigenvalue weighted by Gasteiger charge is 2.42. The Labute approximate surface area is 164 Å². The van der Waals surface area contributed by atoms with Gasteiger partial charge >= 0.3 is 0 Å². The highest BCUT2D eigenvalue weighted by Crippen LogP contribution is 2.43. The molecule has 4 heterocycles. The Bertz CT molecular complexity index is 1020. The van der Waals surface area contributed by atoms with Crippen molar-refractivity contribution in [1.29, 1.82) is 0 Å². The van der Waals surface area contributed by atoms with Gasteiger partial charge in [-0.05, 0) is 43.0 Å². The lowest BCUT2D eigenvalue weighted by Crippen LogP contribution is -2.51. The Morgan fingerprint density at radius 1 is 1.18 bits per heavy atom. The lowest BCUT2D eigenvalue weighted by molar-refractivity contribution is 0.0635. The summed E-state index contributed by atoms with van der Waals surface area (Å²) >= 11 is 0. The topological polar surface area (TPSA) is 63.3 Å². The molecular weight excluding hydrogens is 352 g/mol. The van der Waals surface area contributed by atoms with Gasteiger partial charge in [-0.25, -0.2) is 0 Å². The standard InChI is InChI=1S/C22H24N4O2/c1-15(2)17-14-19(28-24-17)21(27)25-12-9-22(10-13-25)20-8-5-11-26(20)18-7-4-3-6-16(18)23-22/h3-8,11,14-15,23H,9-10,12-13H2,1-2H3. The summed E-state index contributed by atoms with van der Waals surface area (Å²) in [4.78, 5) is 14.7. The van der Waals surface area contributed by atoms with Gasteiger partial charge in [-0.3, -0.25) is 4.79 Å². The molecule has 6 heteroatoms. The average Bonchev–Trinajstić information content (AvgIpc) is 3.39. The fraction of sp³-hybridized carbons (Fsp3) is 0.364. The molecule has 1 fully saturated rings. The van der Waals surface area contributed by atoms with Crippen LogP contribution in [0.1, 0.15) is 54.5 Å². The summed E-state index contributed by atoms with van der Waals surface area (Å²) < 4.78 is 7.58. The first kappa shape index (κ1) is 17.1. The number of aromatic nitrogens is 2. The molecule has 1 aromatic carbocycles. The second kappa shape index (κ2) is 6.26. The molecule has 2 aromatic heterocycles. The van der Waals surface area contributed by atoms with E-state index in [9.17, 15) is 4.79 Å². The Balaban J connectivity index is 1.38. The highest BCUT2D eigenvalue weighted by molar-refractivity contribution is 5.91. The minimum Gasteiger partial charge on any atom is -0.372 e. The van der Waals surface area contributed by atoms with Crippen molar-refractivity contribution in [3.05, 3.63) is 65.8 Å². The molecule has 3 aromatic rings. The number of anilines is 1. The molecule has 1 saturated heterocycles. The first-order valence-electron chi connectivity index (χ1n) is 9.89. The molecule has 1 amide bonds. The number of likely N-dealkylation sites (tertiary alicyclic amines) is 1. The van der Waals surface area contributed by atoms with Crippen LogP contribution in [0, 0.1) is 0 Å². The fourth-order valence-corrected chi connectivity index (χ4v) is 4.38. The highest BCUT2D eigenvalue weighted by atomic mass is 16.5. The molecular formula is C22H24N4O2. The number of hydrogen-bond donors (Lipinski definition) is 1. The molecule has 1 spiro atoms. The van der Waals surface area contributed by atoms with Crippen molar-refractivity contribution >= 4 is 11.6 Å². The number of rotatable bonds is 2. The van der Waals surface area contributed by atoms with Gasteiger partial charge in [-0.1, -0.05) is 31.1 Å². The number of carbonyl (C=O) groups is 1. The second-order valence-electron chi connectivity index (χ2n) is 8.05. The summed E-state index contributed by atoms with van der Waals surface area (Å²) in [5.74, 6) is 0.514. The Hall–Kier alpha value is -3.02. The third kappa shape index (κ3) is 2.55. The van der Waals surface area contributed by atoms with Gasteiger partial charge in [-0.15, -0.1) is 0 Å². The maximum Gasteiger partial charge on any atom is 0.292 e. The van der Waals surface area contributed by atoms with E-state index < -0.39 is 0 Å². The number of fused-ring (bicyclic) bond motifs is 4. The number of hydrogen-bond acceptors (Lipinski definition) is 4. The number of nitrogens with zero attached hydrogens (tertiary/aromatic N) is 3. The molecule has 144 valence electrons. The van der Waals surface area contributed by atoms with Crippen molar-refractivity contribution in [3.8, 4) is 5.69 Å². The maximum atomic E-state index is 12.9. The van der Waals surface area contributed by atoms with Crippen LogP contribution in [0.2, 0.25) is 0 Å². The van der Waals surface area contributed by atoms with E-state index in [1.165, 1.54) is 11.4 Å². The molecule has 0 atom stereocenters. The minimum atomic E-state index is -0.154. The lowest BCUT2D eigenvalue weighted by Gasteiger charge is -2.46. The number of amides is 1. The molecule has 2 aliphatic heterocycles. The number of piperidine rings is 1. The van der Waals surface area contributed by atoms with Crippen LogP contribution in [-0.2, 0) is 5.54 Å². The monoisotopic (exact) mass is 376 g/mol. The van der Waals surface area contributed by atoms with Crippen LogP contribution in [0.3, 0.4) is 0 Å². The number of para-hydroxylation sites is 2. The first-order chi connectivity index (χ1) is 13.6. The summed E-state index contributed by atoms with van der Waals surface area (Å²) in [5, 5.41) is 7.80. The van der Waals surface area contributed by atoms with Crippen LogP contribution < -0.4 is 5.32 Å². The summed E-state index contributed by atoms with van der Waals surface area (Å²) in [7, 11) is 0. The number of carbonyl (C=O) groups excluding carboxylic acids is 1. The first-order valence-corrected chi connectivity index (χ1v) is 9.89. The van der Waals surface area contributed by atoms with Crippen molar-refractivity contribution < 1.29 is 9.32 Å². The summed E-state index contributed by atoms with van der Waals surface area (Å²) in [6, 6.07) is 14.4. The van der Waals surface area contributed by atoms with Gasteiger partial charge in [0.2, 0.25) is 5.76 Å². The molecule has 0 bridgehead atoms. The SMILES string of the molecule is CC(C)c1cc(C(=O)N2CCC3(CC2)Nc2ccccc2-n2cccc23)on1. The summed E-state index contributed by atoms with van der Waals surface area (Å²) in [5.41, 5.74) is 4.25. The van der Waals surface area contributed by atoms with E-state index in [1.807, 2.05) is 18.7 Å². The number of nitrogens with one attached hydrogen (secondary N) is 1. The van der Waals surface area contributed by atoms with Gasteiger partial charge in [0.1, 0.15) is 0 Å². The van der Waals surface area contributed by atoms with Gasteiger partial charge in [0.05, 0.1) is 22.6 Å². The quantitative estimate of drug-likeness (QED) is 0.730. The van der Waals surface area contributed by atoms with E-state index in [-0.39, 0.29) is 17.4 Å². The largest absolute Gasteiger partial charge is 0.372 e.